The van der Waals surface area contributed by atoms with Crippen LogP contribution in [0.5, 0.6) is 0 Å². The predicted octanol–water partition coefficient (Wildman–Crippen LogP) is 1.94. The van der Waals surface area contributed by atoms with Gasteiger partial charge < -0.3 is 5.32 Å². The summed E-state index contributed by atoms with van der Waals surface area (Å²) in [5.41, 5.74) is 2.17. The summed E-state index contributed by atoms with van der Waals surface area (Å²) in [6.07, 6.45) is 3.02. The van der Waals surface area contributed by atoms with Gasteiger partial charge in [0.05, 0.1) is 30.9 Å². The highest BCUT2D eigenvalue weighted by Gasteiger charge is 2.11. The van der Waals surface area contributed by atoms with Crippen LogP contribution in [0.25, 0.3) is 11.0 Å². The second-order valence-corrected chi connectivity index (χ2v) is 6.72. The highest BCUT2D eigenvalue weighted by atomic mass is 16.1. The Bertz CT molecular complexity index is 1300. The van der Waals surface area contributed by atoms with Crippen LogP contribution in [0.3, 0.4) is 0 Å². The lowest BCUT2D eigenvalue weighted by molar-refractivity contribution is 0.0952. The van der Waals surface area contributed by atoms with Crippen LogP contribution in [0.15, 0.2) is 71.9 Å². The van der Waals surface area contributed by atoms with Gasteiger partial charge in [0.1, 0.15) is 11.7 Å². The topological polar surface area (TPSA) is 106 Å². The Kier molecular flexibility index (Phi) is 5.35. The first-order valence-corrected chi connectivity index (χ1v) is 9.39. The van der Waals surface area contributed by atoms with E-state index in [2.05, 4.69) is 15.4 Å². The molecule has 4 rings (SSSR count). The number of carbonyl (C=O) groups excluding carboxylic acids is 1. The molecule has 1 N–H and O–H groups in total. The predicted molar refractivity (Wildman–Crippen MR) is 111 cm³/mol. The van der Waals surface area contributed by atoms with Gasteiger partial charge in [-0.2, -0.15) is 10.4 Å². The molecule has 0 bridgehead atoms. The molecular weight excluding hydrogens is 380 g/mol. The summed E-state index contributed by atoms with van der Waals surface area (Å²) < 4.78 is 3.14. The minimum absolute atomic E-state index is 0.160. The lowest BCUT2D eigenvalue weighted by atomic mass is 10.1. The number of amides is 1. The first-order valence-electron chi connectivity index (χ1n) is 9.39. The molecule has 0 aliphatic rings. The van der Waals surface area contributed by atoms with Crippen LogP contribution in [0.4, 0.5) is 0 Å². The Morgan fingerprint density at radius 1 is 1.13 bits per heavy atom. The van der Waals surface area contributed by atoms with Crippen molar-refractivity contribution >= 4 is 16.9 Å². The fraction of sp³-hybridized carbons (Fsp3) is 0.136. The number of nitriles is 1. The van der Waals surface area contributed by atoms with Crippen molar-refractivity contribution in [2.24, 2.45) is 0 Å². The molecule has 2 aromatic carbocycles. The third-order valence-electron chi connectivity index (χ3n) is 4.68. The summed E-state index contributed by atoms with van der Waals surface area (Å²) in [5, 5.41) is 16.4. The maximum Gasteiger partial charge on any atom is 0.264 e. The number of hydrogen-bond donors (Lipinski definition) is 1. The maximum atomic E-state index is 12.7. The van der Waals surface area contributed by atoms with E-state index in [1.165, 1.54) is 18.6 Å². The molecule has 1 amide bonds. The number of hydrogen-bond acceptors (Lipinski definition) is 5. The van der Waals surface area contributed by atoms with Gasteiger partial charge in [-0.05, 0) is 23.8 Å². The summed E-state index contributed by atoms with van der Waals surface area (Å²) >= 11 is 0. The van der Waals surface area contributed by atoms with E-state index in [-0.39, 0.29) is 11.5 Å². The van der Waals surface area contributed by atoms with Crippen molar-refractivity contribution < 1.29 is 4.79 Å². The Hall–Kier alpha value is -4.25. The van der Waals surface area contributed by atoms with Crippen molar-refractivity contribution in [1.29, 1.82) is 5.26 Å². The molecule has 2 heterocycles. The van der Waals surface area contributed by atoms with E-state index in [9.17, 15) is 9.59 Å². The van der Waals surface area contributed by atoms with Crippen LogP contribution >= 0.6 is 0 Å². The van der Waals surface area contributed by atoms with E-state index in [1.54, 1.807) is 27.4 Å². The monoisotopic (exact) mass is 398 g/mol. The Morgan fingerprint density at radius 3 is 2.77 bits per heavy atom. The van der Waals surface area contributed by atoms with E-state index in [1.807, 2.05) is 36.4 Å². The molecule has 2 aromatic heterocycles. The lowest BCUT2D eigenvalue weighted by Gasteiger charge is -2.08. The molecule has 0 aliphatic heterocycles. The largest absolute Gasteiger partial charge is 0.350 e. The number of nitrogens with one attached hydrogen (secondary N) is 1. The average Bonchev–Trinajstić information content (AvgIpc) is 3.20. The molecule has 30 heavy (non-hydrogen) atoms. The molecule has 4 aromatic rings. The van der Waals surface area contributed by atoms with E-state index in [4.69, 9.17) is 5.26 Å². The highest BCUT2D eigenvalue weighted by molar-refractivity contribution is 5.94. The van der Waals surface area contributed by atoms with E-state index in [0.717, 1.165) is 5.56 Å². The second-order valence-electron chi connectivity index (χ2n) is 6.72. The first-order chi connectivity index (χ1) is 14.7. The standard InChI is InChI=1S/C22H18N6O2/c23-12-17-7-4-8-18(11-17)21(29)24-9-10-28-20-19(13-26-28)22(30)27(15-25-20)14-16-5-2-1-3-6-16/h1-8,11,13,15H,9-10,14H2,(H,24,29). The number of rotatable bonds is 6. The van der Waals surface area contributed by atoms with Gasteiger partial charge >= 0.3 is 0 Å². The molecule has 0 aliphatic carbocycles. The molecule has 148 valence electrons. The van der Waals surface area contributed by atoms with Gasteiger partial charge in [-0.1, -0.05) is 36.4 Å². The molecule has 0 spiro atoms. The molecule has 0 saturated carbocycles. The number of carbonyl (C=O) groups is 1. The summed E-state index contributed by atoms with van der Waals surface area (Å²) in [5.74, 6) is -0.276. The molecule has 0 radical (unpaired) electrons. The first kappa shape index (κ1) is 19.1. The summed E-state index contributed by atoms with van der Waals surface area (Å²) in [6, 6.07) is 18.2. The van der Waals surface area contributed by atoms with Crippen molar-refractivity contribution in [2.75, 3.05) is 6.54 Å². The van der Waals surface area contributed by atoms with Crippen molar-refractivity contribution in [3.05, 3.63) is 94.2 Å². The van der Waals surface area contributed by atoms with Crippen LogP contribution in [0, 0.1) is 11.3 Å². The van der Waals surface area contributed by atoms with Gasteiger partial charge in [0, 0.05) is 12.1 Å². The summed E-state index contributed by atoms with van der Waals surface area (Å²) in [4.78, 5) is 29.4. The van der Waals surface area contributed by atoms with E-state index >= 15 is 0 Å². The zero-order chi connectivity index (χ0) is 20.9. The second kappa shape index (κ2) is 8.41. The maximum absolute atomic E-state index is 12.7. The Labute approximate surface area is 172 Å². The zero-order valence-electron chi connectivity index (χ0n) is 16.0. The molecule has 0 saturated heterocycles. The van der Waals surface area contributed by atoms with Crippen LogP contribution in [-0.4, -0.2) is 31.8 Å². The third kappa shape index (κ3) is 3.95. The van der Waals surface area contributed by atoms with Gasteiger partial charge in [-0.25, -0.2) is 9.67 Å². The summed E-state index contributed by atoms with van der Waals surface area (Å²) in [7, 11) is 0. The van der Waals surface area contributed by atoms with Crippen molar-refractivity contribution in [3.8, 4) is 6.07 Å². The van der Waals surface area contributed by atoms with E-state index < -0.39 is 0 Å². The van der Waals surface area contributed by atoms with Crippen molar-refractivity contribution in [3.63, 3.8) is 0 Å². The summed E-state index contributed by atoms with van der Waals surface area (Å²) in [6.45, 7) is 1.11. The highest BCUT2D eigenvalue weighted by Crippen LogP contribution is 2.07. The van der Waals surface area contributed by atoms with Crippen LogP contribution < -0.4 is 10.9 Å². The van der Waals surface area contributed by atoms with Gasteiger partial charge in [-0.15, -0.1) is 0 Å². The number of nitrogens with zero attached hydrogens (tertiary/aromatic N) is 5. The Morgan fingerprint density at radius 2 is 1.97 bits per heavy atom. The molecule has 0 unspecified atom stereocenters. The molecule has 8 nitrogen and oxygen atoms in total. The molecule has 0 atom stereocenters. The quantitative estimate of drug-likeness (QED) is 0.534. The molecular formula is C22H18N6O2. The lowest BCUT2D eigenvalue weighted by Crippen LogP contribution is -2.27. The minimum Gasteiger partial charge on any atom is -0.350 e. The molecule has 0 fully saturated rings. The van der Waals surface area contributed by atoms with Gasteiger partial charge in [-0.3, -0.25) is 14.2 Å². The minimum atomic E-state index is -0.276. The fourth-order valence-corrected chi connectivity index (χ4v) is 3.16. The van der Waals surface area contributed by atoms with Gasteiger partial charge in [0.2, 0.25) is 0 Å². The zero-order valence-corrected chi connectivity index (χ0v) is 16.0. The van der Waals surface area contributed by atoms with E-state index in [0.29, 0.717) is 41.8 Å². The van der Waals surface area contributed by atoms with Gasteiger partial charge in [0.15, 0.2) is 5.65 Å². The van der Waals surface area contributed by atoms with Gasteiger partial charge in [0.25, 0.3) is 11.5 Å². The fourth-order valence-electron chi connectivity index (χ4n) is 3.16. The van der Waals surface area contributed by atoms with Crippen LogP contribution in [0.1, 0.15) is 21.5 Å². The van der Waals surface area contributed by atoms with Crippen LogP contribution in [0.2, 0.25) is 0 Å². The SMILES string of the molecule is N#Cc1cccc(C(=O)NCCn2ncc3c(=O)n(Cc4ccccc4)cnc32)c1. The van der Waals surface area contributed by atoms with Crippen molar-refractivity contribution in [1.82, 2.24) is 24.6 Å². The normalized spacial score (nSPS) is 10.6. The number of fused-ring (bicyclic) bond motifs is 1. The average molecular weight is 398 g/mol. The molecule has 8 heteroatoms. The van der Waals surface area contributed by atoms with Crippen LogP contribution in [-0.2, 0) is 13.1 Å². The third-order valence-corrected chi connectivity index (χ3v) is 4.68. The number of aromatic nitrogens is 4. The number of benzene rings is 2. The smallest absolute Gasteiger partial charge is 0.264 e. The van der Waals surface area contributed by atoms with Crippen molar-refractivity contribution in [2.45, 2.75) is 13.1 Å². The Balaban J connectivity index is 1.45.